The topological polar surface area (TPSA) is 51.2 Å². The number of nitrogens with one attached hydrogen (secondary N) is 1. The van der Waals surface area contributed by atoms with Crippen LogP contribution in [0.25, 0.3) is 0 Å². The molecule has 0 fully saturated rings. The first kappa shape index (κ1) is 12.0. The lowest BCUT2D eigenvalue weighted by Gasteiger charge is -2.07. The first-order valence-corrected chi connectivity index (χ1v) is 5.83. The summed E-state index contributed by atoms with van der Waals surface area (Å²) in [7, 11) is 1.36. The molecule has 0 saturated heterocycles. The van der Waals surface area contributed by atoms with E-state index in [4.69, 9.17) is 0 Å². The van der Waals surface area contributed by atoms with Crippen molar-refractivity contribution in [2.24, 2.45) is 5.92 Å². The molecule has 1 atom stereocenters. The molecule has 0 radical (unpaired) electrons. The Labute approximate surface area is 93.7 Å². The molecule has 0 aliphatic heterocycles. The van der Waals surface area contributed by atoms with E-state index in [2.05, 4.69) is 28.9 Å². The first-order valence-electron chi connectivity index (χ1n) is 4.95. The smallest absolute Gasteiger partial charge is 0.357 e. The maximum atomic E-state index is 11.1. The standard InChI is InChI=1S/C10H16N2O2S/c1-4-7(2)5-11-10-12-8(6-15-10)9(13)14-3/h6-7H,4-5H2,1-3H3,(H,11,12). The van der Waals surface area contributed by atoms with Gasteiger partial charge in [-0.2, -0.15) is 0 Å². The van der Waals surface area contributed by atoms with Crippen molar-refractivity contribution in [2.75, 3.05) is 19.0 Å². The second-order valence-electron chi connectivity index (χ2n) is 3.42. The lowest BCUT2D eigenvalue weighted by atomic mass is 10.1. The average Bonchev–Trinajstić information content (AvgIpc) is 2.73. The maximum Gasteiger partial charge on any atom is 0.357 e. The number of hydrogen-bond donors (Lipinski definition) is 1. The molecule has 0 aliphatic carbocycles. The van der Waals surface area contributed by atoms with E-state index in [1.807, 2.05) is 0 Å². The fourth-order valence-electron chi connectivity index (χ4n) is 0.959. The van der Waals surface area contributed by atoms with Crippen molar-refractivity contribution < 1.29 is 9.53 Å². The van der Waals surface area contributed by atoms with E-state index in [0.29, 0.717) is 11.6 Å². The third-order valence-corrected chi connectivity index (χ3v) is 3.00. The summed E-state index contributed by atoms with van der Waals surface area (Å²) in [4.78, 5) is 15.2. The van der Waals surface area contributed by atoms with Crippen LogP contribution in [-0.2, 0) is 4.74 Å². The van der Waals surface area contributed by atoms with Crippen LogP contribution < -0.4 is 5.32 Å². The fourth-order valence-corrected chi connectivity index (χ4v) is 1.65. The van der Waals surface area contributed by atoms with Gasteiger partial charge in [0.25, 0.3) is 0 Å². The van der Waals surface area contributed by atoms with E-state index in [-0.39, 0.29) is 5.97 Å². The Morgan fingerprint density at radius 1 is 1.73 bits per heavy atom. The molecule has 0 saturated carbocycles. The molecule has 1 N–H and O–H groups in total. The molecule has 0 amide bonds. The zero-order valence-corrected chi connectivity index (χ0v) is 10.1. The van der Waals surface area contributed by atoms with Crippen LogP contribution in [0.4, 0.5) is 5.13 Å². The zero-order valence-electron chi connectivity index (χ0n) is 9.24. The summed E-state index contributed by atoms with van der Waals surface area (Å²) in [5, 5.41) is 5.67. The van der Waals surface area contributed by atoms with E-state index in [1.54, 1.807) is 5.38 Å². The Hall–Kier alpha value is -1.10. The van der Waals surface area contributed by atoms with E-state index in [9.17, 15) is 4.79 Å². The molecule has 0 spiro atoms. The fraction of sp³-hybridized carbons (Fsp3) is 0.600. The van der Waals surface area contributed by atoms with Gasteiger partial charge in [0.15, 0.2) is 10.8 Å². The van der Waals surface area contributed by atoms with Crippen molar-refractivity contribution >= 4 is 22.4 Å². The number of esters is 1. The predicted octanol–water partition coefficient (Wildman–Crippen LogP) is 2.39. The van der Waals surface area contributed by atoms with Crippen molar-refractivity contribution in [3.05, 3.63) is 11.1 Å². The molecule has 84 valence electrons. The molecule has 1 aromatic rings. The van der Waals surface area contributed by atoms with Crippen molar-refractivity contribution in [1.29, 1.82) is 0 Å². The number of anilines is 1. The SMILES string of the molecule is CCC(C)CNc1nc(C(=O)OC)cs1. The molecule has 1 heterocycles. The highest BCUT2D eigenvalue weighted by Gasteiger charge is 2.10. The number of carbonyl (C=O) groups is 1. The summed E-state index contributed by atoms with van der Waals surface area (Å²) < 4.78 is 4.57. The summed E-state index contributed by atoms with van der Waals surface area (Å²) in [6.07, 6.45) is 1.13. The Morgan fingerprint density at radius 3 is 3.07 bits per heavy atom. The summed E-state index contributed by atoms with van der Waals surface area (Å²) in [5.74, 6) is 0.221. The van der Waals surface area contributed by atoms with Crippen molar-refractivity contribution in [3.63, 3.8) is 0 Å². The van der Waals surface area contributed by atoms with Crippen LogP contribution in [0.3, 0.4) is 0 Å². The number of aromatic nitrogens is 1. The van der Waals surface area contributed by atoms with Crippen LogP contribution in [0, 0.1) is 5.92 Å². The highest BCUT2D eigenvalue weighted by atomic mass is 32.1. The second-order valence-corrected chi connectivity index (χ2v) is 4.28. The zero-order chi connectivity index (χ0) is 11.3. The Balaban J connectivity index is 2.49. The number of nitrogens with zero attached hydrogens (tertiary/aromatic N) is 1. The molecule has 0 aromatic carbocycles. The van der Waals surface area contributed by atoms with Gasteiger partial charge in [-0.15, -0.1) is 11.3 Å². The molecular weight excluding hydrogens is 212 g/mol. The lowest BCUT2D eigenvalue weighted by Crippen LogP contribution is -2.10. The molecule has 0 aliphatic rings. The molecular formula is C10H16N2O2S. The van der Waals surface area contributed by atoms with Gasteiger partial charge >= 0.3 is 5.97 Å². The molecule has 0 bridgehead atoms. The monoisotopic (exact) mass is 228 g/mol. The summed E-state index contributed by atoms with van der Waals surface area (Å²) in [5.41, 5.74) is 0.370. The molecule has 15 heavy (non-hydrogen) atoms. The number of methoxy groups -OCH3 is 1. The van der Waals surface area contributed by atoms with Crippen molar-refractivity contribution in [2.45, 2.75) is 20.3 Å². The molecule has 5 heteroatoms. The minimum Gasteiger partial charge on any atom is -0.464 e. The lowest BCUT2D eigenvalue weighted by molar-refractivity contribution is 0.0595. The Morgan fingerprint density at radius 2 is 2.47 bits per heavy atom. The van der Waals surface area contributed by atoms with E-state index in [0.717, 1.165) is 18.1 Å². The van der Waals surface area contributed by atoms with Gasteiger partial charge in [-0.3, -0.25) is 0 Å². The van der Waals surface area contributed by atoms with Gasteiger partial charge in [-0.05, 0) is 5.92 Å². The van der Waals surface area contributed by atoms with Gasteiger partial charge in [-0.1, -0.05) is 20.3 Å². The quantitative estimate of drug-likeness (QED) is 0.786. The molecule has 1 aromatic heterocycles. The van der Waals surface area contributed by atoms with Crippen molar-refractivity contribution in [1.82, 2.24) is 4.98 Å². The van der Waals surface area contributed by atoms with E-state index >= 15 is 0 Å². The summed E-state index contributed by atoms with van der Waals surface area (Å²) >= 11 is 1.42. The summed E-state index contributed by atoms with van der Waals surface area (Å²) in [6, 6.07) is 0. The van der Waals surface area contributed by atoms with Crippen LogP contribution >= 0.6 is 11.3 Å². The van der Waals surface area contributed by atoms with Crippen LogP contribution in [0.15, 0.2) is 5.38 Å². The molecule has 4 nitrogen and oxygen atoms in total. The number of hydrogen-bond acceptors (Lipinski definition) is 5. The van der Waals surface area contributed by atoms with Gasteiger partial charge in [0.05, 0.1) is 7.11 Å². The van der Waals surface area contributed by atoms with Gasteiger partial charge in [0.1, 0.15) is 0 Å². The minimum atomic E-state index is -0.386. The minimum absolute atomic E-state index is 0.370. The Bertz CT molecular complexity index is 325. The Kier molecular flexibility index (Phi) is 4.55. The second kappa shape index (κ2) is 5.70. The van der Waals surface area contributed by atoms with Crippen LogP contribution in [-0.4, -0.2) is 24.6 Å². The van der Waals surface area contributed by atoms with Crippen LogP contribution in [0.5, 0.6) is 0 Å². The maximum absolute atomic E-state index is 11.1. The van der Waals surface area contributed by atoms with Gasteiger partial charge in [-0.25, -0.2) is 9.78 Å². The van der Waals surface area contributed by atoms with Crippen LogP contribution in [0.1, 0.15) is 30.8 Å². The molecule has 1 rings (SSSR count). The number of rotatable bonds is 5. The van der Waals surface area contributed by atoms with Gasteiger partial charge in [0.2, 0.25) is 0 Å². The predicted molar refractivity (Wildman–Crippen MR) is 61.4 cm³/mol. The third kappa shape index (κ3) is 3.51. The van der Waals surface area contributed by atoms with E-state index < -0.39 is 0 Å². The highest BCUT2D eigenvalue weighted by Crippen LogP contribution is 2.16. The third-order valence-electron chi connectivity index (χ3n) is 2.20. The van der Waals surface area contributed by atoms with Crippen LogP contribution in [0.2, 0.25) is 0 Å². The number of thiazole rings is 1. The van der Waals surface area contributed by atoms with Gasteiger partial charge in [0, 0.05) is 11.9 Å². The van der Waals surface area contributed by atoms with Gasteiger partial charge < -0.3 is 10.1 Å². The average molecular weight is 228 g/mol. The van der Waals surface area contributed by atoms with Crippen molar-refractivity contribution in [3.8, 4) is 0 Å². The number of ether oxygens (including phenoxy) is 1. The largest absolute Gasteiger partial charge is 0.464 e. The normalized spacial score (nSPS) is 12.2. The number of carbonyl (C=O) groups excluding carboxylic acids is 1. The summed E-state index contributed by atoms with van der Waals surface area (Å²) in [6.45, 7) is 5.19. The highest BCUT2D eigenvalue weighted by molar-refractivity contribution is 7.13. The van der Waals surface area contributed by atoms with E-state index in [1.165, 1.54) is 18.4 Å². The first-order chi connectivity index (χ1) is 7.17. The molecule has 1 unspecified atom stereocenters.